The quantitative estimate of drug-likeness (QED) is 0.806. The predicted octanol–water partition coefficient (Wildman–Crippen LogP) is 2.15. The summed E-state index contributed by atoms with van der Waals surface area (Å²) < 4.78 is 0. The van der Waals surface area contributed by atoms with Gasteiger partial charge in [-0.05, 0) is 24.5 Å². The second kappa shape index (κ2) is 6.54. The molecule has 1 aromatic carbocycles. The van der Waals surface area contributed by atoms with Gasteiger partial charge in [0.05, 0.1) is 11.8 Å². The van der Waals surface area contributed by atoms with Crippen LogP contribution in [0.15, 0.2) is 48.8 Å². The molecule has 2 N–H and O–H groups in total. The summed E-state index contributed by atoms with van der Waals surface area (Å²) in [5.74, 6) is -0.214. The number of aryl methyl sites for hydroxylation is 1. The molecule has 98 valence electrons. The molecule has 0 bridgehead atoms. The van der Waals surface area contributed by atoms with Crippen LogP contribution in [0.2, 0.25) is 0 Å². The highest BCUT2D eigenvalue weighted by atomic mass is 16.3. The zero-order chi connectivity index (χ0) is 13.5. The summed E-state index contributed by atoms with van der Waals surface area (Å²) in [7, 11) is 0. The number of hydrogen-bond donors (Lipinski definition) is 2. The van der Waals surface area contributed by atoms with Gasteiger partial charge in [-0.1, -0.05) is 30.3 Å². The van der Waals surface area contributed by atoms with E-state index in [0.29, 0.717) is 12.1 Å². The average molecular weight is 256 g/mol. The Bertz CT molecular complexity index is 541. The van der Waals surface area contributed by atoms with E-state index in [1.807, 2.05) is 18.2 Å². The highest BCUT2D eigenvalue weighted by Gasteiger charge is 2.05. The van der Waals surface area contributed by atoms with Gasteiger partial charge in [0, 0.05) is 12.7 Å². The number of rotatable bonds is 5. The number of nitrogens with one attached hydrogen (secondary N) is 1. The first kappa shape index (κ1) is 13.1. The number of aromatic hydroxyl groups is 1. The van der Waals surface area contributed by atoms with Crippen LogP contribution in [0.1, 0.15) is 22.3 Å². The van der Waals surface area contributed by atoms with Crippen LogP contribution in [0.4, 0.5) is 0 Å². The summed E-state index contributed by atoms with van der Waals surface area (Å²) in [4.78, 5) is 15.5. The predicted molar refractivity (Wildman–Crippen MR) is 73.0 cm³/mol. The number of benzene rings is 1. The van der Waals surface area contributed by atoms with Gasteiger partial charge in [-0.15, -0.1) is 0 Å². The summed E-state index contributed by atoms with van der Waals surface area (Å²) >= 11 is 0. The van der Waals surface area contributed by atoms with Crippen LogP contribution in [-0.4, -0.2) is 22.5 Å². The molecule has 19 heavy (non-hydrogen) atoms. The molecule has 4 heteroatoms. The molecular weight excluding hydrogens is 240 g/mol. The first-order valence-corrected chi connectivity index (χ1v) is 6.22. The largest absolute Gasteiger partial charge is 0.506 e. The first-order chi connectivity index (χ1) is 9.25. The monoisotopic (exact) mass is 256 g/mol. The van der Waals surface area contributed by atoms with Crippen molar-refractivity contribution < 1.29 is 9.90 Å². The Morgan fingerprint density at radius 1 is 1.21 bits per heavy atom. The molecule has 0 saturated carbocycles. The average Bonchev–Trinajstić information content (AvgIpc) is 2.44. The zero-order valence-electron chi connectivity index (χ0n) is 10.5. The second-order valence-corrected chi connectivity index (χ2v) is 4.28. The highest BCUT2D eigenvalue weighted by Crippen LogP contribution is 2.08. The highest BCUT2D eigenvalue weighted by molar-refractivity contribution is 5.94. The molecule has 0 atom stereocenters. The van der Waals surface area contributed by atoms with Crippen molar-refractivity contribution in [1.82, 2.24) is 10.3 Å². The SMILES string of the molecule is O=C(NCCCc1ccccc1)c1cncc(O)c1. The van der Waals surface area contributed by atoms with Crippen molar-refractivity contribution in [3.8, 4) is 5.75 Å². The molecule has 0 fully saturated rings. The molecular formula is C15H16N2O2. The van der Waals surface area contributed by atoms with E-state index in [1.165, 1.54) is 24.0 Å². The van der Waals surface area contributed by atoms with Crippen LogP contribution < -0.4 is 5.32 Å². The van der Waals surface area contributed by atoms with Crippen molar-refractivity contribution in [3.63, 3.8) is 0 Å². The standard InChI is InChI=1S/C15H16N2O2/c18-14-9-13(10-16-11-14)15(19)17-8-4-7-12-5-2-1-3-6-12/h1-3,5-6,9-11,18H,4,7-8H2,(H,17,19). The topological polar surface area (TPSA) is 62.2 Å². The van der Waals surface area contributed by atoms with Crippen molar-refractivity contribution in [2.75, 3.05) is 6.54 Å². The maximum absolute atomic E-state index is 11.7. The molecule has 0 spiro atoms. The van der Waals surface area contributed by atoms with Gasteiger partial charge in [0.2, 0.25) is 0 Å². The van der Waals surface area contributed by atoms with Gasteiger partial charge in [0.1, 0.15) is 5.75 Å². The van der Waals surface area contributed by atoms with Gasteiger partial charge in [-0.2, -0.15) is 0 Å². The van der Waals surface area contributed by atoms with E-state index in [9.17, 15) is 9.90 Å². The molecule has 1 heterocycles. The summed E-state index contributed by atoms with van der Waals surface area (Å²) in [5.41, 5.74) is 1.63. The fraction of sp³-hybridized carbons (Fsp3) is 0.200. The van der Waals surface area contributed by atoms with Gasteiger partial charge in [0.15, 0.2) is 0 Å². The first-order valence-electron chi connectivity index (χ1n) is 6.22. The molecule has 0 saturated heterocycles. The van der Waals surface area contributed by atoms with Crippen molar-refractivity contribution in [1.29, 1.82) is 0 Å². The minimum absolute atomic E-state index is 0.00284. The van der Waals surface area contributed by atoms with Crippen LogP contribution >= 0.6 is 0 Å². The van der Waals surface area contributed by atoms with E-state index in [1.54, 1.807) is 0 Å². The Hall–Kier alpha value is -2.36. The number of hydrogen-bond acceptors (Lipinski definition) is 3. The van der Waals surface area contributed by atoms with Crippen LogP contribution in [0.3, 0.4) is 0 Å². The lowest BCUT2D eigenvalue weighted by molar-refractivity contribution is 0.0952. The Balaban J connectivity index is 1.75. The van der Waals surface area contributed by atoms with Gasteiger partial charge in [0.25, 0.3) is 5.91 Å². The number of amides is 1. The lowest BCUT2D eigenvalue weighted by Gasteiger charge is -2.05. The third kappa shape index (κ3) is 4.10. The maximum Gasteiger partial charge on any atom is 0.252 e. The summed E-state index contributed by atoms with van der Waals surface area (Å²) in [6.45, 7) is 0.601. The summed E-state index contributed by atoms with van der Waals surface area (Å²) in [5, 5.41) is 12.0. The summed E-state index contributed by atoms with van der Waals surface area (Å²) in [6.07, 6.45) is 4.54. The van der Waals surface area contributed by atoms with Gasteiger partial charge in [-0.3, -0.25) is 9.78 Å². The van der Waals surface area contributed by atoms with Gasteiger partial charge >= 0.3 is 0 Å². The number of nitrogens with zero attached hydrogens (tertiary/aromatic N) is 1. The van der Waals surface area contributed by atoms with Gasteiger partial charge in [-0.25, -0.2) is 0 Å². The van der Waals surface area contributed by atoms with Crippen molar-refractivity contribution >= 4 is 5.91 Å². The molecule has 4 nitrogen and oxygen atoms in total. The molecule has 0 unspecified atom stereocenters. The fourth-order valence-corrected chi connectivity index (χ4v) is 1.79. The van der Waals surface area contributed by atoms with Crippen LogP contribution in [0.5, 0.6) is 5.75 Å². The number of carbonyl (C=O) groups is 1. The Morgan fingerprint density at radius 2 is 2.00 bits per heavy atom. The Labute approximate surface area is 112 Å². The van der Waals surface area contributed by atoms with Crippen molar-refractivity contribution in [2.24, 2.45) is 0 Å². The van der Waals surface area contributed by atoms with E-state index in [4.69, 9.17) is 0 Å². The van der Waals surface area contributed by atoms with Gasteiger partial charge < -0.3 is 10.4 Å². The van der Waals surface area contributed by atoms with E-state index in [2.05, 4.69) is 22.4 Å². The lowest BCUT2D eigenvalue weighted by Crippen LogP contribution is -2.24. The molecule has 0 aliphatic carbocycles. The smallest absolute Gasteiger partial charge is 0.252 e. The van der Waals surface area contributed by atoms with Crippen LogP contribution in [0, 0.1) is 0 Å². The third-order valence-electron chi connectivity index (χ3n) is 2.76. The van der Waals surface area contributed by atoms with E-state index >= 15 is 0 Å². The molecule has 1 amide bonds. The molecule has 2 aromatic rings. The Morgan fingerprint density at radius 3 is 2.74 bits per heavy atom. The minimum Gasteiger partial charge on any atom is -0.506 e. The Kier molecular flexibility index (Phi) is 4.50. The number of carbonyl (C=O) groups excluding carboxylic acids is 1. The normalized spacial score (nSPS) is 10.1. The van der Waals surface area contributed by atoms with E-state index in [-0.39, 0.29) is 11.7 Å². The van der Waals surface area contributed by atoms with E-state index < -0.39 is 0 Å². The second-order valence-electron chi connectivity index (χ2n) is 4.28. The maximum atomic E-state index is 11.7. The van der Waals surface area contributed by atoms with Crippen LogP contribution in [0.25, 0.3) is 0 Å². The molecule has 2 rings (SSSR count). The number of aromatic nitrogens is 1. The van der Waals surface area contributed by atoms with Crippen LogP contribution in [-0.2, 0) is 6.42 Å². The minimum atomic E-state index is -0.212. The fourth-order valence-electron chi connectivity index (χ4n) is 1.79. The number of pyridine rings is 1. The zero-order valence-corrected chi connectivity index (χ0v) is 10.5. The molecule has 1 aromatic heterocycles. The van der Waals surface area contributed by atoms with Crippen molar-refractivity contribution in [2.45, 2.75) is 12.8 Å². The molecule has 0 radical (unpaired) electrons. The molecule has 0 aliphatic heterocycles. The van der Waals surface area contributed by atoms with Crippen molar-refractivity contribution in [3.05, 3.63) is 59.9 Å². The third-order valence-corrected chi connectivity index (χ3v) is 2.76. The summed E-state index contributed by atoms with van der Waals surface area (Å²) in [6, 6.07) is 11.5. The molecule has 0 aliphatic rings. The van der Waals surface area contributed by atoms with E-state index in [0.717, 1.165) is 12.8 Å². The lowest BCUT2D eigenvalue weighted by atomic mass is 10.1.